The molecule has 24 heavy (non-hydrogen) atoms. The Hall–Kier alpha value is -1.79. The molecule has 0 radical (unpaired) electrons. The number of hydrogen-bond donors (Lipinski definition) is 1. The molecule has 0 atom stereocenters. The molecule has 0 saturated carbocycles. The summed E-state index contributed by atoms with van der Waals surface area (Å²) in [4.78, 5) is 4.45. The van der Waals surface area contributed by atoms with E-state index in [-0.39, 0.29) is 11.3 Å². The van der Waals surface area contributed by atoms with E-state index in [4.69, 9.17) is 18.9 Å². The molecule has 0 fully saturated rings. The predicted molar refractivity (Wildman–Crippen MR) is 94.2 cm³/mol. The molecule has 0 saturated heterocycles. The molecule has 0 bridgehead atoms. The first-order valence-corrected chi connectivity index (χ1v) is 8.27. The molecule has 0 spiro atoms. The maximum absolute atomic E-state index is 10.1. The highest BCUT2D eigenvalue weighted by Gasteiger charge is 2.28. The second kappa shape index (κ2) is 10.2. The third-order valence-corrected chi connectivity index (χ3v) is 3.09. The van der Waals surface area contributed by atoms with Crippen LogP contribution >= 0.6 is 0 Å². The van der Waals surface area contributed by atoms with Crippen LogP contribution in [0.4, 0.5) is 0 Å². The Labute approximate surface area is 144 Å². The van der Waals surface area contributed by atoms with Crippen LogP contribution in [0.5, 0.6) is 11.5 Å². The maximum atomic E-state index is 10.1. The summed E-state index contributed by atoms with van der Waals surface area (Å²) in [6.45, 7) is 10.5. The van der Waals surface area contributed by atoms with Crippen molar-refractivity contribution < 1.29 is 24.1 Å². The fraction of sp³-hybridized carbons (Fsp3) is 0.611. The molecule has 6 nitrogen and oxygen atoms in total. The molecular formula is C18H29NO5. The fourth-order valence-corrected chi connectivity index (χ4v) is 1.97. The van der Waals surface area contributed by atoms with E-state index in [2.05, 4.69) is 4.99 Å². The highest BCUT2D eigenvalue weighted by molar-refractivity contribution is 5.98. The number of hydrogen-bond acceptors (Lipinski definition) is 6. The molecule has 0 aromatic heterocycles. The minimum atomic E-state index is -0.253. The van der Waals surface area contributed by atoms with Gasteiger partial charge in [-0.2, -0.15) is 0 Å². The molecule has 1 aliphatic heterocycles. The normalized spacial score (nSPS) is 15.1. The van der Waals surface area contributed by atoms with Crippen molar-refractivity contribution in [2.45, 2.75) is 33.2 Å². The first-order chi connectivity index (χ1) is 11.5. The van der Waals surface area contributed by atoms with Gasteiger partial charge in [0, 0.05) is 13.2 Å². The van der Waals surface area contributed by atoms with Crippen LogP contribution in [0.15, 0.2) is 23.2 Å². The Bertz CT molecular complexity index is 528. The van der Waals surface area contributed by atoms with Crippen LogP contribution in [0.1, 0.15) is 33.3 Å². The Morgan fingerprint density at radius 2 is 1.88 bits per heavy atom. The average molecular weight is 339 g/mol. The van der Waals surface area contributed by atoms with Crippen LogP contribution < -0.4 is 4.74 Å². The monoisotopic (exact) mass is 339 g/mol. The minimum Gasteiger partial charge on any atom is -0.507 e. The van der Waals surface area contributed by atoms with Crippen LogP contribution in [0.2, 0.25) is 0 Å². The van der Waals surface area contributed by atoms with E-state index >= 15 is 0 Å². The fourth-order valence-electron chi connectivity index (χ4n) is 1.97. The van der Waals surface area contributed by atoms with Crippen molar-refractivity contribution in [3.8, 4) is 11.5 Å². The van der Waals surface area contributed by atoms with Crippen molar-refractivity contribution in [1.82, 2.24) is 0 Å². The van der Waals surface area contributed by atoms with Gasteiger partial charge in [0.25, 0.3) is 0 Å². The van der Waals surface area contributed by atoms with Gasteiger partial charge in [-0.3, -0.25) is 0 Å². The molecule has 1 aromatic rings. The largest absolute Gasteiger partial charge is 0.507 e. The van der Waals surface area contributed by atoms with Gasteiger partial charge < -0.3 is 24.1 Å². The van der Waals surface area contributed by atoms with Crippen LogP contribution in [0, 0.1) is 0 Å². The second-order valence-corrected chi connectivity index (χ2v) is 5.65. The highest BCUT2D eigenvalue weighted by Crippen LogP contribution is 2.28. The number of nitrogens with zero attached hydrogens (tertiary/aromatic N) is 1. The molecule has 1 heterocycles. The SMILES string of the molecule is CC.COCCOCCOc1ccc(C2=NC(C)(C)CO2)c(O)c1. The average Bonchev–Trinajstić information content (AvgIpc) is 2.92. The van der Waals surface area contributed by atoms with Crippen molar-refractivity contribution in [3.05, 3.63) is 23.8 Å². The molecule has 2 rings (SSSR count). The summed E-state index contributed by atoms with van der Waals surface area (Å²) < 4.78 is 21.2. The number of phenolic OH excluding ortho intramolecular Hbond substituents is 1. The van der Waals surface area contributed by atoms with Gasteiger partial charge in [0.15, 0.2) is 0 Å². The van der Waals surface area contributed by atoms with E-state index in [0.717, 1.165) is 0 Å². The topological polar surface area (TPSA) is 69.5 Å². The van der Waals surface area contributed by atoms with E-state index in [1.165, 1.54) is 0 Å². The zero-order valence-corrected chi connectivity index (χ0v) is 15.3. The summed E-state index contributed by atoms with van der Waals surface area (Å²) in [5, 5.41) is 10.1. The standard InChI is InChI=1S/C16H23NO5.C2H6/c1-16(2)11-22-15(17-16)13-5-4-12(10-14(13)18)21-9-8-20-7-6-19-3;1-2/h4-5,10,18H,6-9,11H2,1-3H3;1-2H3. The van der Waals surface area contributed by atoms with Gasteiger partial charge in [-0.1, -0.05) is 13.8 Å². The quantitative estimate of drug-likeness (QED) is 0.737. The predicted octanol–water partition coefficient (Wildman–Crippen LogP) is 3.02. The molecule has 0 unspecified atom stereocenters. The maximum Gasteiger partial charge on any atom is 0.220 e. The van der Waals surface area contributed by atoms with Crippen molar-refractivity contribution in [1.29, 1.82) is 0 Å². The molecule has 0 aliphatic carbocycles. The lowest BCUT2D eigenvalue weighted by atomic mass is 10.1. The first kappa shape index (κ1) is 20.3. The van der Waals surface area contributed by atoms with Crippen molar-refractivity contribution in [2.75, 3.05) is 40.1 Å². The summed E-state index contributed by atoms with van der Waals surface area (Å²) in [5.74, 6) is 1.14. The van der Waals surface area contributed by atoms with E-state index in [1.807, 2.05) is 27.7 Å². The van der Waals surface area contributed by atoms with Crippen molar-refractivity contribution >= 4 is 5.90 Å². The molecule has 1 aliphatic rings. The number of methoxy groups -OCH3 is 1. The number of aromatic hydroxyl groups is 1. The van der Waals surface area contributed by atoms with Crippen LogP contribution in [0.25, 0.3) is 0 Å². The second-order valence-electron chi connectivity index (χ2n) is 5.65. The van der Waals surface area contributed by atoms with E-state index in [9.17, 15) is 5.11 Å². The number of ether oxygens (including phenoxy) is 4. The van der Waals surface area contributed by atoms with E-state index in [0.29, 0.717) is 50.2 Å². The zero-order chi connectivity index (χ0) is 18.0. The molecule has 0 amide bonds. The Balaban J connectivity index is 0.00000139. The lowest BCUT2D eigenvalue weighted by molar-refractivity contribution is 0.0544. The zero-order valence-electron chi connectivity index (χ0n) is 15.3. The molecule has 6 heteroatoms. The smallest absolute Gasteiger partial charge is 0.220 e. The first-order valence-electron chi connectivity index (χ1n) is 8.27. The summed E-state index contributed by atoms with van der Waals surface area (Å²) in [5.41, 5.74) is 0.325. The van der Waals surface area contributed by atoms with Gasteiger partial charge in [0.2, 0.25) is 5.90 Å². The summed E-state index contributed by atoms with van der Waals surface area (Å²) in [6.07, 6.45) is 0. The van der Waals surface area contributed by atoms with Crippen molar-refractivity contribution in [3.63, 3.8) is 0 Å². The lowest BCUT2D eigenvalue weighted by Crippen LogP contribution is -2.17. The number of benzene rings is 1. The van der Waals surface area contributed by atoms with Crippen LogP contribution in [-0.2, 0) is 14.2 Å². The highest BCUT2D eigenvalue weighted by atomic mass is 16.5. The Morgan fingerprint density at radius 3 is 2.46 bits per heavy atom. The number of aliphatic imine (C=N–C) groups is 1. The van der Waals surface area contributed by atoms with Crippen molar-refractivity contribution in [2.24, 2.45) is 4.99 Å². The third-order valence-electron chi connectivity index (χ3n) is 3.09. The number of phenols is 1. The van der Waals surface area contributed by atoms with Gasteiger partial charge in [-0.05, 0) is 26.0 Å². The van der Waals surface area contributed by atoms with Gasteiger partial charge in [-0.25, -0.2) is 4.99 Å². The number of rotatable bonds is 8. The van der Waals surface area contributed by atoms with Gasteiger partial charge in [-0.15, -0.1) is 0 Å². The van der Waals surface area contributed by atoms with Crippen LogP contribution in [-0.4, -0.2) is 56.7 Å². The molecular weight excluding hydrogens is 310 g/mol. The summed E-state index contributed by atoms with van der Waals surface area (Å²) in [7, 11) is 1.63. The van der Waals surface area contributed by atoms with Crippen LogP contribution in [0.3, 0.4) is 0 Å². The summed E-state index contributed by atoms with van der Waals surface area (Å²) in [6, 6.07) is 5.08. The molecule has 1 N–H and O–H groups in total. The molecule has 136 valence electrons. The Morgan fingerprint density at radius 1 is 1.17 bits per heavy atom. The van der Waals surface area contributed by atoms with Gasteiger partial charge >= 0.3 is 0 Å². The lowest BCUT2D eigenvalue weighted by Gasteiger charge is -2.09. The molecule has 1 aromatic carbocycles. The minimum absolute atomic E-state index is 0.0919. The van der Waals surface area contributed by atoms with Gasteiger partial charge in [0.1, 0.15) is 24.7 Å². The van der Waals surface area contributed by atoms with E-state index in [1.54, 1.807) is 25.3 Å². The van der Waals surface area contributed by atoms with E-state index < -0.39 is 0 Å². The Kier molecular flexibility index (Phi) is 8.57. The summed E-state index contributed by atoms with van der Waals surface area (Å²) >= 11 is 0. The third kappa shape index (κ3) is 6.37. The van der Waals surface area contributed by atoms with Gasteiger partial charge in [0.05, 0.1) is 30.9 Å².